The molecular weight excluding hydrogens is 333 g/mol. The smallest absolute Gasteiger partial charge is 0.298 e. The standard InChI is InChI=1S/C17H17F3N4O/c18-17(19,20)14-5-8-21-16(22-14)23-15(25)7-10-24-9-6-12-3-1-2-4-13(12)11-24/h1-5,8H,6-7,9-11H2,(H,21,22,23,25). The summed E-state index contributed by atoms with van der Waals surface area (Å²) in [5.74, 6) is -0.734. The number of carbonyl (C=O) groups excluding carboxylic acids is 1. The number of carbonyl (C=O) groups is 1. The lowest BCUT2D eigenvalue weighted by Crippen LogP contribution is -2.33. The van der Waals surface area contributed by atoms with Crippen LogP contribution in [0, 0.1) is 0 Å². The number of amides is 1. The van der Waals surface area contributed by atoms with Gasteiger partial charge in [-0.1, -0.05) is 24.3 Å². The Balaban J connectivity index is 1.52. The van der Waals surface area contributed by atoms with Gasteiger partial charge in [-0.2, -0.15) is 13.2 Å². The van der Waals surface area contributed by atoms with Gasteiger partial charge in [0.1, 0.15) is 5.69 Å². The number of nitrogens with one attached hydrogen (secondary N) is 1. The van der Waals surface area contributed by atoms with Crippen molar-refractivity contribution in [2.45, 2.75) is 25.6 Å². The minimum Gasteiger partial charge on any atom is -0.298 e. The Morgan fingerprint density at radius 1 is 1.20 bits per heavy atom. The number of alkyl halides is 3. The van der Waals surface area contributed by atoms with Gasteiger partial charge in [-0.3, -0.25) is 15.0 Å². The topological polar surface area (TPSA) is 58.1 Å². The van der Waals surface area contributed by atoms with E-state index in [1.807, 2.05) is 12.1 Å². The molecule has 25 heavy (non-hydrogen) atoms. The Bertz CT molecular complexity index is 764. The zero-order valence-electron chi connectivity index (χ0n) is 13.4. The first-order chi connectivity index (χ1) is 11.9. The van der Waals surface area contributed by atoms with Gasteiger partial charge >= 0.3 is 6.18 Å². The van der Waals surface area contributed by atoms with Crippen LogP contribution in [0.25, 0.3) is 0 Å². The Hall–Kier alpha value is -2.48. The van der Waals surface area contributed by atoms with E-state index in [0.717, 1.165) is 31.8 Å². The lowest BCUT2D eigenvalue weighted by atomic mass is 10.00. The Kier molecular flexibility index (Phi) is 4.98. The number of halogens is 3. The summed E-state index contributed by atoms with van der Waals surface area (Å²) in [4.78, 5) is 21.1. The third-order valence-corrected chi connectivity index (χ3v) is 4.06. The number of hydrogen-bond donors (Lipinski definition) is 1. The third-order valence-electron chi connectivity index (χ3n) is 4.06. The largest absolute Gasteiger partial charge is 0.433 e. The molecule has 0 saturated carbocycles. The van der Waals surface area contributed by atoms with Crippen LogP contribution in [0.3, 0.4) is 0 Å². The molecule has 0 radical (unpaired) electrons. The lowest BCUT2D eigenvalue weighted by Gasteiger charge is -2.28. The summed E-state index contributed by atoms with van der Waals surface area (Å²) < 4.78 is 37.8. The number of hydrogen-bond acceptors (Lipinski definition) is 4. The highest BCUT2D eigenvalue weighted by Crippen LogP contribution is 2.27. The van der Waals surface area contributed by atoms with E-state index in [-0.39, 0.29) is 12.4 Å². The van der Waals surface area contributed by atoms with Gasteiger partial charge in [0.25, 0.3) is 0 Å². The van der Waals surface area contributed by atoms with Gasteiger partial charge in [0.05, 0.1) is 0 Å². The molecule has 1 N–H and O–H groups in total. The normalized spacial score (nSPS) is 14.8. The zero-order valence-corrected chi connectivity index (χ0v) is 13.4. The van der Waals surface area contributed by atoms with E-state index in [2.05, 4.69) is 32.3 Å². The monoisotopic (exact) mass is 350 g/mol. The molecule has 3 rings (SSSR count). The molecule has 2 heterocycles. The quantitative estimate of drug-likeness (QED) is 0.921. The van der Waals surface area contributed by atoms with E-state index >= 15 is 0 Å². The fraction of sp³-hybridized carbons (Fsp3) is 0.353. The summed E-state index contributed by atoms with van der Waals surface area (Å²) in [6, 6.07) is 8.93. The van der Waals surface area contributed by atoms with E-state index in [0.29, 0.717) is 6.54 Å². The fourth-order valence-electron chi connectivity index (χ4n) is 2.77. The van der Waals surface area contributed by atoms with Crippen LogP contribution in [-0.2, 0) is 23.9 Å². The van der Waals surface area contributed by atoms with Crippen molar-refractivity contribution in [3.05, 3.63) is 53.3 Å². The molecule has 0 fully saturated rings. The van der Waals surface area contributed by atoms with Crippen LogP contribution in [0.4, 0.5) is 19.1 Å². The van der Waals surface area contributed by atoms with Gasteiger partial charge < -0.3 is 0 Å². The van der Waals surface area contributed by atoms with Gasteiger partial charge in [-0.05, 0) is 23.6 Å². The van der Waals surface area contributed by atoms with Crippen molar-refractivity contribution in [2.75, 3.05) is 18.4 Å². The molecular formula is C17H17F3N4O. The van der Waals surface area contributed by atoms with Gasteiger partial charge in [-0.15, -0.1) is 0 Å². The van der Waals surface area contributed by atoms with Crippen LogP contribution in [0.2, 0.25) is 0 Å². The predicted molar refractivity (Wildman–Crippen MR) is 85.7 cm³/mol. The van der Waals surface area contributed by atoms with E-state index < -0.39 is 17.8 Å². The number of aromatic nitrogens is 2. The first-order valence-corrected chi connectivity index (χ1v) is 7.91. The highest BCUT2D eigenvalue weighted by atomic mass is 19.4. The molecule has 0 bridgehead atoms. The van der Waals surface area contributed by atoms with Crippen molar-refractivity contribution in [2.24, 2.45) is 0 Å². The molecule has 1 aliphatic rings. The van der Waals surface area contributed by atoms with Crippen LogP contribution in [0.5, 0.6) is 0 Å². The number of rotatable bonds is 4. The van der Waals surface area contributed by atoms with Crippen LogP contribution in [0.1, 0.15) is 23.2 Å². The molecule has 0 spiro atoms. The highest BCUT2D eigenvalue weighted by Gasteiger charge is 2.32. The molecule has 5 nitrogen and oxygen atoms in total. The summed E-state index contributed by atoms with van der Waals surface area (Å²) in [5.41, 5.74) is 1.49. The average Bonchev–Trinajstić information content (AvgIpc) is 2.59. The zero-order chi connectivity index (χ0) is 17.9. The summed E-state index contributed by atoms with van der Waals surface area (Å²) >= 11 is 0. The van der Waals surface area contributed by atoms with Crippen molar-refractivity contribution < 1.29 is 18.0 Å². The molecule has 132 valence electrons. The van der Waals surface area contributed by atoms with Crippen LogP contribution >= 0.6 is 0 Å². The Labute approximate surface area is 142 Å². The minimum absolute atomic E-state index is 0.168. The average molecular weight is 350 g/mol. The van der Waals surface area contributed by atoms with Gasteiger partial charge in [0.2, 0.25) is 11.9 Å². The van der Waals surface area contributed by atoms with Crippen LogP contribution in [-0.4, -0.2) is 33.9 Å². The number of nitrogens with zero attached hydrogens (tertiary/aromatic N) is 3. The van der Waals surface area contributed by atoms with Crippen LogP contribution in [0.15, 0.2) is 36.5 Å². The van der Waals surface area contributed by atoms with Crippen LogP contribution < -0.4 is 5.32 Å². The summed E-state index contributed by atoms with van der Waals surface area (Å²) in [5, 5.41) is 2.33. The molecule has 1 aromatic heterocycles. The number of fused-ring (bicyclic) bond motifs is 1. The number of anilines is 1. The van der Waals surface area contributed by atoms with Gasteiger partial charge in [0, 0.05) is 32.3 Å². The fourth-order valence-corrected chi connectivity index (χ4v) is 2.77. The maximum Gasteiger partial charge on any atom is 0.433 e. The second-order valence-corrected chi connectivity index (χ2v) is 5.86. The van der Waals surface area contributed by atoms with Crippen molar-refractivity contribution in [1.82, 2.24) is 14.9 Å². The molecule has 2 aromatic rings. The predicted octanol–water partition coefficient (Wildman–Crippen LogP) is 2.88. The maximum atomic E-state index is 12.6. The Morgan fingerprint density at radius 2 is 1.96 bits per heavy atom. The molecule has 1 aromatic carbocycles. The number of benzene rings is 1. The lowest BCUT2D eigenvalue weighted by molar-refractivity contribution is -0.141. The van der Waals surface area contributed by atoms with Crippen molar-refractivity contribution in [1.29, 1.82) is 0 Å². The molecule has 1 amide bonds. The third kappa shape index (κ3) is 4.54. The second kappa shape index (κ2) is 7.18. The molecule has 0 aliphatic carbocycles. The van der Waals surface area contributed by atoms with E-state index in [1.165, 1.54) is 11.1 Å². The van der Waals surface area contributed by atoms with Gasteiger partial charge in [0.15, 0.2) is 0 Å². The summed E-state index contributed by atoms with van der Waals surface area (Å²) in [7, 11) is 0. The SMILES string of the molecule is O=C(CCN1CCc2ccccc2C1)Nc1nccc(C(F)(F)F)n1. The second-order valence-electron chi connectivity index (χ2n) is 5.86. The van der Waals surface area contributed by atoms with E-state index in [9.17, 15) is 18.0 Å². The van der Waals surface area contributed by atoms with Crippen molar-refractivity contribution >= 4 is 11.9 Å². The first-order valence-electron chi connectivity index (χ1n) is 7.91. The first kappa shape index (κ1) is 17.3. The molecule has 1 aliphatic heterocycles. The maximum absolute atomic E-state index is 12.6. The molecule has 0 atom stereocenters. The molecule has 0 saturated heterocycles. The summed E-state index contributed by atoms with van der Waals surface area (Å²) in [6.07, 6.45) is -2.49. The highest BCUT2D eigenvalue weighted by molar-refractivity contribution is 5.89. The molecule has 0 unspecified atom stereocenters. The molecule has 8 heteroatoms. The van der Waals surface area contributed by atoms with E-state index in [4.69, 9.17) is 0 Å². The van der Waals surface area contributed by atoms with Gasteiger partial charge in [-0.25, -0.2) is 9.97 Å². The minimum atomic E-state index is -4.57. The Morgan fingerprint density at radius 3 is 2.72 bits per heavy atom. The van der Waals surface area contributed by atoms with E-state index in [1.54, 1.807) is 0 Å². The summed E-state index contributed by atoms with van der Waals surface area (Å²) in [6.45, 7) is 2.15. The van der Waals surface area contributed by atoms with Crippen molar-refractivity contribution in [3.63, 3.8) is 0 Å². The van der Waals surface area contributed by atoms with Crippen molar-refractivity contribution in [3.8, 4) is 0 Å².